The molecule has 3 aliphatic rings. The van der Waals surface area contributed by atoms with Gasteiger partial charge in [-0.1, -0.05) is 18.2 Å². The smallest absolute Gasteiger partial charge is 0.217 e. The van der Waals surface area contributed by atoms with E-state index < -0.39 is 15.3 Å². The summed E-state index contributed by atoms with van der Waals surface area (Å²) in [5.74, 6) is 0.532. The van der Waals surface area contributed by atoms with Crippen molar-refractivity contribution < 1.29 is 13.2 Å². The van der Waals surface area contributed by atoms with E-state index in [1.54, 1.807) is 0 Å². The fourth-order valence-electron chi connectivity index (χ4n) is 4.50. The maximum absolute atomic E-state index is 12.7. The van der Waals surface area contributed by atoms with Crippen molar-refractivity contribution in [2.45, 2.75) is 62.3 Å². The Kier molecular flexibility index (Phi) is 3.55. The van der Waals surface area contributed by atoms with Gasteiger partial charge in [-0.3, -0.25) is 0 Å². The highest BCUT2D eigenvalue weighted by molar-refractivity contribution is 7.90. The lowest BCUT2D eigenvalue weighted by Crippen LogP contribution is -2.39. The number of ether oxygens (including phenoxy) is 1. The van der Waals surface area contributed by atoms with E-state index >= 15 is 0 Å². The van der Waals surface area contributed by atoms with Crippen molar-refractivity contribution in [1.29, 1.82) is 0 Å². The average Bonchev–Trinajstić information content (AvgIpc) is 3.06. The summed E-state index contributed by atoms with van der Waals surface area (Å²) in [6, 6.07) is 6.32. The summed E-state index contributed by atoms with van der Waals surface area (Å²) in [5, 5.41) is -0.414. The van der Waals surface area contributed by atoms with Gasteiger partial charge in [0.05, 0.1) is 6.10 Å². The van der Waals surface area contributed by atoms with Crippen LogP contribution in [0.15, 0.2) is 18.2 Å². The molecule has 120 valence electrons. The van der Waals surface area contributed by atoms with Crippen LogP contribution in [0.1, 0.15) is 61.3 Å². The minimum Gasteiger partial charge on any atom is -0.377 e. The summed E-state index contributed by atoms with van der Waals surface area (Å²) >= 11 is 0. The molecule has 0 saturated carbocycles. The highest BCUT2D eigenvalue weighted by Crippen LogP contribution is 2.47. The molecule has 1 heterocycles. The average molecular weight is 321 g/mol. The SMILES string of the molecule is C[C@@H]1OCC[C@@H]1S(=O)(=O)N[C@@H]1C[C@@H]2CCCc3cccc1c32. The van der Waals surface area contributed by atoms with Crippen molar-refractivity contribution in [3.8, 4) is 0 Å². The van der Waals surface area contributed by atoms with Gasteiger partial charge in [0.25, 0.3) is 0 Å². The summed E-state index contributed by atoms with van der Waals surface area (Å²) in [6.07, 6.45) is 4.83. The molecule has 0 bridgehead atoms. The second-order valence-electron chi connectivity index (χ2n) is 6.86. The van der Waals surface area contributed by atoms with Crippen LogP contribution in [0.5, 0.6) is 0 Å². The molecule has 4 rings (SSSR count). The zero-order valence-corrected chi connectivity index (χ0v) is 13.7. The van der Waals surface area contributed by atoms with Gasteiger partial charge in [-0.2, -0.15) is 0 Å². The van der Waals surface area contributed by atoms with Crippen molar-refractivity contribution in [1.82, 2.24) is 4.72 Å². The predicted octanol–water partition coefficient (Wildman–Crippen LogP) is 2.65. The summed E-state index contributed by atoms with van der Waals surface area (Å²) in [5.41, 5.74) is 4.06. The Morgan fingerprint density at radius 1 is 1.27 bits per heavy atom. The van der Waals surface area contributed by atoms with Gasteiger partial charge in [-0.15, -0.1) is 0 Å². The molecule has 1 saturated heterocycles. The maximum atomic E-state index is 12.7. The van der Waals surface area contributed by atoms with E-state index in [1.165, 1.54) is 29.5 Å². The number of nitrogens with one attached hydrogen (secondary N) is 1. The van der Waals surface area contributed by atoms with Crippen LogP contribution in [-0.4, -0.2) is 26.4 Å². The van der Waals surface area contributed by atoms with Gasteiger partial charge < -0.3 is 4.74 Å². The van der Waals surface area contributed by atoms with Crippen LogP contribution < -0.4 is 4.72 Å². The van der Waals surface area contributed by atoms with Gasteiger partial charge in [0.15, 0.2) is 0 Å². The topological polar surface area (TPSA) is 55.4 Å². The second kappa shape index (κ2) is 5.32. The molecule has 0 radical (unpaired) electrons. The number of hydrogen-bond acceptors (Lipinski definition) is 3. The lowest BCUT2D eigenvalue weighted by molar-refractivity contribution is 0.126. The van der Waals surface area contributed by atoms with E-state index in [0.29, 0.717) is 18.9 Å². The molecule has 22 heavy (non-hydrogen) atoms. The van der Waals surface area contributed by atoms with Crippen LogP contribution in [-0.2, 0) is 21.2 Å². The number of rotatable bonds is 3. The third-order valence-electron chi connectivity index (χ3n) is 5.54. The molecule has 1 aromatic carbocycles. The van der Waals surface area contributed by atoms with Crippen LogP contribution in [0.3, 0.4) is 0 Å². The standard InChI is InChI=1S/C17H23NO3S/c1-11-16(8-9-21-11)22(19,20)18-15-10-13-6-2-4-12-5-3-7-14(15)17(12)13/h3,5,7,11,13,15-16,18H,2,4,6,8-10H2,1H3/t11-,13-,15+,16-/m0/s1. The van der Waals surface area contributed by atoms with Gasteiger partial charge in [0.2, 0.25) is 10.0 Å². The molecule has 4 nitrogen and oxygen atoms in total. The molecule has 1 fully saturated rings. The molecule has 1 aromatic rings. The Bertz CT molecular complexity index is 685. The normalized spacial score (nSPS) is 33.9. The third kappa shape index (κ3) is 2.30. The molecule has 2 aliphatic carbocycles. The fraction of sp³-hybridized carbons (Fsp3) is 0.647. The van der Waals surface area contributed by atoms with Crippen LogP contribution in [0.4, 0.5) is 0 Å². The third-order valence-corrected chi connectivity index (χ3v) is 7.57. The maximum Gasteiger partial charge on any atom is 0.217 e. The minimum absolute atomic E-state index is 0.0594. The number of sulfonamides is 1. The van der Waals surface area contributed by atoms with Crippen LogP contribution >= 0.6 is 0 Å². The highest BCUT2D eigenvalue weighted by Gasteiger charge is 2.41. The molecule has 1 N–H and O–H groups in total. The molecule has 4 atom stereocenters. The molecular formula is C17H23NO3S. The summed E-state index contributed by atoms with van der Waals surface area (Å²) < 4.78 is 33.9. The van der Waals surface area contributed by atoms with E-state index in [4.69, 9.17) is 4.74 Å². The Morgan fingerprint density at radius 3 is 2.91 bits per heavy atom. The van der Waals surface area contributed by atoms with Gasteiger partial charge in [0, 0.05) is 12.6 Å². The molecule has 0 unspecified atom stereocenters. The first-order chi connectivity index (χ1) is 10.6. The van der Waals surface area contributed by atoms with Crippen molar-refractivity contribution in [3.63, 3.8) is 0 Å². The lowest BCUT2D eigenvalue weighted by Gasteiger charge is -2.20. The second-order valence-corrected chi connectivity index (χ2v) is 8.79. The fourth-order valence-corrected chi connectivity index (χ4v) is 6.28. The Balaban J connectivity index is 1.62. The van der Waals surface area contributed by atoms with Crippen LogP contribution in [0.25, 0.3) is 0 Å². The first-order valence-corrected chi connectivity index (χ1v) is 9.85. The molecule has 5 heteroatoms. The van der Waals surface area contributed by atoms with Crippen molar-refractivity contribution in [2.24, 2.45) is 0 Å². The summed E-state index contributed by atoms with van der Waals surface area (Å²) in [6.45, 7) is 2.40. The monoisotopic (exact) mass is 321 g/mol. The van der Waals surface area contributed by atoms with E-state index in [0.717, 1.165) is 12.8 Å². The number of benzene rings is 1. The van der Waals surface area contributed by atoms with Crippen molar-refractivity contribution >= 4 is 10.0 Å². The summed E-state index contributed by atoms with van der Waals surface area (Å²) in [4.78, 5) is 0. The zero-order chi connectivity index (χ0) is 15.3. The predicted molar refractivity (Wildman–Crippen MR) is 85.4 cm³/mol. The number of hydrogen-bond donors (Lipinski definition) is 1. The Hall–Kier alpha value is -0.910. The van der Waals surface area contributed by atoms with Crippen LogP contribution in [0.2, 0.25) is 0 Å². The van der Waals surface area contributed by atoms with E-state index in [2.05, 4.69) is 22.9 Å². The first kappa shape index (κ1) is 14.7. The molecule has 0 amide bonds. The molecular weight excluding hydrogens is 298 g/mol. The van der Waals surface area contributed by atoms with E-state index in [-0.39, 0.29) is 12.1 Å². The molecule has 1 aliphatic heterocycles. The largest absolute Gasteiger partial charge is 0.377 e. The Labute approximate surface area is 132 Å². The molecule has 0 aromatic heterocycles. The van der Waals surface area contributed by atoms with Gasteiger partial charge in [-0.25, -0.2) is 13.1 Å². The number of aryl methyl sites for hydroxylation is 1. The molecule has 0 spiro atoms. The summed E-state index contributed by atoms with van der Waals surface area (Å²) in [7, 11) is -3.33. The van der Waals surface area contributed by atoms with Gasteiger partial charge >= 0.3 is 0 Å². The Morgan fingerprint density at radius 2 is 2.14 bits per heavy atom. The zero-order valence-electron chi connectivity index (χ0n) is 12.9. The van der Waals surface area contributed by atoms with Crippen LogP contribution in [0, 0.1) is 0 Å². The van der Waals surface area contributed by atoms with Gasteiger partial charge in [0.1, 0.15) is 5.25 Å². The van der Waals surface area contributed by atoms with E-state index in [9.17, 15) is 8.42 Å². The first-order valence-electron chi connectivity index (χ1n) is 8.30. The van der Waals surface area contributed by atoms with Crippen molar-refractivity contribution in [3.05, 3.63) is 34.9 Å². The minimum atomic E-state index is -3.33. The van der Waals surface area contributed by atoms with Crippen molar-refractivity contribution in [2.75, 3.05) is 6.61 Å². The lowest BCUT2D eigenvalue weighted by atomic mass is 9.84. The van der Waals surface area contributed by atoms with E-state index in [1.807, 2.05) is 6.92 Å². The highest BCUT2D eigenvalue weighted by atomic mass is 32.2. The quantitative estimate of drug-likeness (QED) is 0.931. The van der Waals surface area contributed by atoms with Gasteiger partial charge in [-0.05, 0) is 61.6 Å².